The summed E-state index contributed by atoms with van der Waals surface area (Å²) in [6.07, 6.45) is -0.138. The van der Waals surface area contributed by atoms with Crippen molar-refractivity contribution in [3.8, 4) is 0 Å². The molecule has 130 valence electrons. The Bertz CT molecular complexity index is 715. The van der Waals surface area contributed by atoms with Gasteiger partial charge in [0.1, 0.15) is 12.6 Å². The molecule has 0 aliphatic carbocycles. The van der Waals surface area contributed by atoms with Crippen molar-refractivity contribution in [2.75, 3.05) is 0 Å². The Kier molecular flexibility index (Phi) is 6.71. The summed E-state index contributed by atoms with van der Waals surface area (Å²) in [7, 11) is 0. The first-order valence-corrected chi connectivity index (χ1v) is 7.84. The number of aliphatic carboxylic acids is 1. The normalized spacial score (nSPS) is 11.4. The van der Waals surface area contributed by atoms with Crippen molar-refractivity contribution in [2.45, 2.75) is 25.5 Å². The van der Waals surface area contributed by atoms with E-state index < -0.39 is 23.9 Å². The van der Waals surface area contributed by atoms with Gasteiger partial charge in [0.2, 0.25) is 0 Å². The van der Waals surface area contributed by atoms with Crippen LogP contribution in [0.15, 0.2) is 60.7 Å². The lowest BCUT2D eigenvalue weighted by atomic mass is 10.1. The van der Waals surface area contributed by atoms with Crippen LogP contribution in [0.2, 0.25) is 0 Å². The first-order valence-electron chi connectivity index (χ1n) is 7.84. The number of benzene rings is 2. The van der Waals surface area contributed by atoms with Gasteiger partial charge in [0.25, 0.3) is 5.91 Å². The molecule has 6 nitrogen and oxygen atoms in total. The topological polar surface area (TPSA) is 92.7 Å². The van der Waals surface area contributed by atoms with Crippen molar-refractivity contribution in [1.82, 2.24) is 5.32 Å². The monoisotopic (exact) mass is 341 g/mol. The van der Waals surface area contributed by atoms with Crippen LogP contribution in [0, 0.1) is 0 Å². The van der Waals surface area contributed by atoms with Crippen LogP contribution in [0.3, 0.4) is 0 Å². The summed E-state index contributed by atoms with van der Waals surface area (Å²) in [6.45, 7) is 0.133. The van der Waals surface area contributed by atoms with Gasteiger partial charge in [-0.1, -0.05) is 48.5 Å². The Morgan fingerprint density at radius 1 is 0.960 bits per heavy atom. The van der Waals surface area contributed by atoms with E-state index in [9.17, 15) is 19.5 Å². The number of ether oxygens (including phenoxy) is 1. The van der Waals surface area contributed by atoms with Gasteiger partial charge in [-0.3, -0.25) is 9.59 Å². The molecule has 0 radical (unpaired) electrons. The number of nitrogens with one attached hydrogen (secondary N) is 1. The molecule has 1 amide bonds. The summed E-state index contributed by atoms with van der Waals surface area (Å²) >= 11 is 0. The highest BCUT2D eigenvalue weighted by Gasteiger charge is 2.22. The van der Waals surface area contributed by atoms with Gasteiger partial charge >= 0.3 is 11.9 Å². The molecule has 2 aromatic rings. The number of rotatable bonds is 8. The van der Waals surface area contributed by atoms with E-state index in [0.717, 1.165) is 5.56 Å². The molecule has 0 fully saturated rings. The molecule has 0 heterocycles. The maximum Gasteiger partial charge on any atom is 0.326 e. The molecule has 25 heavy (non-hydrogen) atoms. The second kappa shape index (κ2) is 9.22. The minimum absolute atomic E-state index is 0.0401. The van der Waals surface area contributed by atoms with Crippen LogP contribution in [0.1, 0.15) is 28.8 Å². The van der Waals surface area contributed by atoms with Gasteiger partial charge in [-0.25, -0.2) is 4.79 Å². The second-order valence-electron chi connectivity index (χ2n) is 5.42. The van der Waals surface area contributed by atoms with Crippen LogP contribution in [-0.2, 0) is 20.9 Å². The highest BCUT2D eigenvalue weighted by atomic mass is 16.5. The van der Waals surface area contributed by atoms with Gasteiger partial charge < -0.3 is 15.2 Å². The van der Waals surface area contributed by atoms with Gasteiger partial charge in [0.15, 0.2) is 0 Å². The fourth-order valence-electron chi connectivity index (χ4n) is 2.16. The molecule has 0 unspecified atom stereocenters. The number of carbonyl (C=O) groups excluding carboxylic acids is 2. The zero-order valence-corrected chi connectivity index (χ0v) is 13.6. The Balaban J connectivity index is 1.82. The zero-order valence-electron chi connectivity index (χ0n) is 13.6. The minimum Gasteiger partial charge on any atom is -0.480 e. The summed E-state index contributed by atoms with van der Waals surface area (Å²) in [5, 5.41) is 11.6. The lowest BCUT2D eigenvalue weighted by molar-refractivity contribution is -0.145. The number of carboxylic acid groups (broad SMARTS) is 1. The predicted molar refractivity (Wildman–Crippen MR) is 90.8 cm³/mol. The molecule has 0 aliphatic rings. The molecule has 0 saturated carbocycles. The Hall–Kier alpha value is -3.15. The largest absolute Gasteiger partial charge is 0.480 e. The molecule has 6 heteroatoms. The van der Waals surface area contributed by atoms with Crippen molar-refractivity contribution < 1.29 is 24.2 Å². The van der Waals surface area contributed by atoms with Gasteiger partial charge in [0.05, 0.1) is 0 Å². The standard InChI is InChI=1S/C19H19NO5/c21-17(25-13-14-7-3-1-4-8-14)12-11-16(19(23)24)20-18(22)15-9-5-2-6-10-15/h1-10,16H,11-13H2,(H,20,22)(H,23,24)/t16-/m1/s1. The molecule has 1 atom stereocenters. The van der Waals surface area contributed by atoms with Crippen LogP contribution in [0.5, 0.6) is 0 Å². The van der Waals surface area contributed by atoms with Gasteiger partial charge in [-0.15, -0.1) is 0 Å². The summed E-state index contributed by atoms with van der Waals surface area (Å²) in [6, 6.07) is 16.3. The Morgan fingerprint density at radius 2 is 1.56 bits per heavy atom. The molecule has 2 rings (SSSR count). The van der Waals surface area contributed by atoms with Gasteiger partial charge in [-0.2, -0.15) is 0 Å². The second-order valence-corrected chi connectivity index (χ2v) is 5.42. The van der Waals surface area contributed by atoms with Crippen LogP contribution < -0.4 is 5.32 Å². The van der Waals surface area contributed by atoms with E-state index in [0.29, 0.717) is 5.56 Å². The minimum atomic E-state index is -1.19. The van der Waals surface area contributed by atoms with E-state index in [4.69, 9.17) is 4.74 Å². The van der Waals surface area contributed by atoms with Crippen molar-refractivity contribution in [3.05, 3.63) is 71.8 Å². The molecule has 0 aliphatic heterocycles. The van der Waals surface area contributed by atoms with Crippen LogP contribution >= 0.6 is 0 Å². The maximum atomic E-state index is 12.0. The number of esters is 1. The molecule has 0 bridgehead atoms. The van der Waals surface area contributed by atoms with Crippen LogP contribution in [0.25, 0.3) is 0 Å². The molecule has 0 saturated heterocycles. The summed E-state index contributed by atoms with van der Waals surface area (Å²) in [5.41, 5.74) is 1.21. The lowest BCUT2D eigenvalue weighted by Crippen LogP contribution is -2.41. The van der Waals surface area contributed by atoms with E-state index in [1.54, 1.807) is 30.3 Å². The van der Waals surface area contributed by atoms with E-state index in [-0.39, 0.29) is 19.4 Å². The lowest BCUT2D eigenvalue weighted by Gasteiger charge is -2.14. The van der Waals surface area contributed by atoms with Crippen LogP contribution in [0.4, 0.5) is 0 Å². The van der Waals surface area contributed by atoms with E-state index >= 15 is 0 Å². The first-order chi connectivity index (χ1) is 12.1. The zero-order chi connectivity index (χ0) is 18.1. The molecular formula is C19H19NO5. The number of amides is 1. The quantitative estimate of drug-likeness (QED) is 0.719. The van der Waals surface area contributed by atoms with Crippen molar-refractivity contribution in [2.24, 2.45) is 0 Å². The molecule has 2 N–H and O–H groups in total. The summed E-state index contributed by atoms with van der Waals surface area (Å²) < 4.78 is 5.10. The van der Waals surface area contributed by atoms with Gasteiger partial charge in [-0.05, 0) is 24.1 Å². The number of hydrogen-bond acceptors (Lipinski definition) is 4. The molecule has 0 aromatic heterocycles. The van der Waals surface area contributed by atoms with Gasteiger partial charge in [0, 0.05) is 12.0 Å². The SMILES string of the molecule is O=C(CC[C@@H](NC(=O)c1ccccc1)C(=O)O)OCc1ccccc1. The predicted octanol–water partition coefficient (Wildman–Crippen LogP) is 2.39. The van der Waals surface area contributed by atoms with Crippen molar-refractivity contribution in [1.29, 1.82) is 0 Å². The average Bonchev–Trinajstić information content (AvgIpc) is 2.64. The Morgan fingerprint density at radius 3 is 2.16 bits per heavy atom. The highest BCUT2D eigenvalue weighted by Crippen LogP contribution is 2.06. The average molecular weight is 341 g/mol. The summed E-state index contributed by atoms with van der Waals surface area (Å²) in [4.78, 5) is 35.1. The van der Waals surface area contributed by atoms with E-state index in [1.165, 1.54) is 0 Å². The molecule has 0 spiro atoms. The number of hydrogen-bond donors (Lipinski definition) is 2. The Labute approximate surface area is 145 Å². The fraction of sp³-hybridized carbons (Fsp3) is 0.211. The van der Waals surface area contributed by atoms with E-state index in [2.05, 4.69) is 5.32 Å². The highest BCUT2D eigenvalue weighted by molar-refractivity contribution is 5.96. The van der Waals surface area contributed by atoms with E-state index in [1.807, 2.05) is 30.3 Å². The molecule has 2 aromatic carbocycles. The maximum absolute atomic E-state index is 12.0. The smallest absolute Gasteiger partial charge is 0.326 e. The number of carboxylic acids is 1. The molecular weight excluding hydrogens is 322 g/mol. The van der Waals surface area contributed by atoms with Crippen molar-refractivity contribution >= 4 is 17.8 Å². The third kappa shape index (κ3) is 6.10. The third-order valence-electron chi connectivity index (χ3n) is 3.52. The number of carbonyl (C=O) groups is 3. The summed E-state index contributed by atoms with van der Waals surface area (Å²) in [5.74, 6) is -2.20. The fourth-order valence-corrected chi connectivity index (χ4v) is 2.16. The third-order valence-corrected chi connectivity index (χ3v) is 3.52. The first kappa shape index (κ1) is 18.2. The van der Waals surface area contributed by atoms with Crippen LogP contribution in [-0.4, -0.2) is 29.0 Å². The van der Waals surface area contributed by atoms with Crippen molar-refractivity contribution in [3.63, 3.8) is 0 Å².